The number of fused-ring (bicyclic) bond motifs is 1. The van der Waals surface area contributed by atoms with Crippen molar-refractivity contribution in [3.05, 3.63) is 70.2 Å². The Morgan fingerprint density at radius 3 is 2.79 bits per heavy atom. The number of nitrogens with one attached hydrogen (secondary N) is 2. The third kappa shape index (κ3) is 3.97. The second-order valence-corrected chi connectivity index (χ2v) is 6.74. The van der Waals surface area contributed by atoms with Crippen molar-refractivity contribution >= 4 is 17.5 Å². The number of amides is 1. The quantitative estimate of drug-likeness (QED) is 0.855. The molecule has 0 aliphatic heterocycles. The van der Waals surface area contributed by atoms with Crippen molar-refractivity contribution in [3.8, 4) is 0 Å². The van der Waals surface area contributed by atoms with Crippen LogP contribution in [-0.4, -0.2) is 12.5 Å². The highest BCUT2D eigenvalue weighted by Crippen LogP contribution is 2.29. The monoisotopic (exact) mass is 342 g/mol. The number of hydrogen-bond donors (Lipinski definition) is 2. The van der Waals surface area contributed by atoms with Crippen LogP contribution in [0.3, 0.4) is 0 Å². The molecule has 2 N–H and O–H groups in total. The number of aryl methyl sites for hydroxylation is 1. The van der Waals surface area contributed by atoms with E-state index in [9.17, 15) is 4.79 Å². The van der Waals surface area contributed by atoms with E-state index < -0.39 is 0 Å². The highest BCUT2D eigenvalue weighted by molar-refractivity contribution is 6.31. The molecule has 2 atom stereocenters. The number of carbonyl (C=O) groups excluding carboxylic acids is 1. The molecule has 0 fully saturated rings. The number of halogens is 1. The zero-order valence-electron chi connectivity index (χ0n) is 13.9. The summed E-state index contributed by atoms with van der Waals surface area (Å²) in [4.78, 5) is 12.3. The molecule has 1 aliphatic carbocycles. The first kappa shape index (κ1) is 17.0. The van der Waals surface area contributed by atoms with Crippen LogP contribution in [0, 0.1) is 0 Å². The van der Waals surface area contributed by atoms with Gasteiger partial charge in [0.05, 0.1) is 12.6 Å². The van der Waals surface area contributed by atoms with Crippen LogP contribution in [0.1, 0.15) is 48.5 Å². The van der Waals surface area contributed by atoms with E-state index in [1.807, 2.05) is 37.3 Å². The predicted molar refractivity (Wildman–Crippen MR) is 98.1 cm³/mol. The van der Waals surface area contributed by atoms with Crippen LogP contribution in [0.4, 0.5) is 0 Å². The Labute approximate surface area is 148 Å². The maximum atomic E-state index is 12.3. The number of hydrogen-bond acceptors (Lipinski definition) is 2. The summed E-state index contributed by atoms with van der Waals surface area (Å²) in [7, 11) is 0. The van der Waals surface area contributed by atoms with E-state index in [0.29, 0.717) is 0 Å². The molecule has 0 spiro atoms. The minimum absolute atomic E-state index is 0.0237. The van der Waals surface area contributed by atoms with Gasteiger partial charge in [-0.15, -0.1) is 0 Å². The molecule has 1 amide bonds. The smallest absolute Gasteiger partial charge is 0.234 e. The van der Waals surface area contributed by atoms with Gasteiger partial charge in [0.25, 0.3) is 0 Å². The van der Waals surface area contributed by atoms with E-state index in [2.05, 4.69) is 28.8 Å². The first-order valence-electron chi connectivity index (χ1n) is 8.50. The van der Waals surface area contributed by atoms with E-state index in [4.69, 9.17) is 11.6 Å². The van der Waals surface area contributed by atoms with Crippen LogP contribution in [0.2, 0.25) is 5.02 Å². The van der Waals surface area contributed by atoms with Gasteiger partial charge in [0.15, 0.2) is 0 Å². The molecule has 2 aromatic rings. The first-order valence-corrected chi connectivity index (χ1v) is 8.88. The van der Waals surface area contributed by atoms with Crippen LogP contribution >= 0.6 is 11.6 Å². The lowest BCUT2D eigenvalue weighted by atomic mass is 9.88. The Morgan fingerprint density at radius 2 is 1.96 bits per heavy atom. The Kier molecular flexibility index (Phi) is 5.54. The lowest BCUT2D eigenvalue weighted by Crippen LogP contribution is -2.38. The third-order valence-corrected chi connectivity index (χ3v) is 4.99. The average Bonchev–Trinajstić information content (AvgIpc) is 2.60. The minimum Gasteiger partial charge on any atom is -0.348 e. The predicted octanol–water partition coefficient (Wildman–Crippen LogP) is 4.18. The summed E-state index contributed by atoms with van der Waals surface area (Å²) in [6.45, 7) is 2.30. The molecule has 0 saturated heterocycles. The maximum Gasteiger partial charge on any atom is 0.234 e. The fraction of sp³-hybridized carbons (Fsp3) is 0.350. The minimum atomic E-state index is 0.0237. The molecule has 0 heterocycles. The zero-order valence-corrected chi connectivity index (χ0v) is 14.6. The summed E-state index contributed by atoms with van der Waals surface area (Å²) >= 11 is 6.21. The topological polar surface area (TPSA) is 41.1 Å². The van der Waals surface area contributed by atoms with Crippen LogP contribution in [-0.2, 0) is 11.2 Å². The Balaban J connectivity index is 1.56. The van der Waals surface area contributed by atoms with Gasteiger partial charge < -0.3 is 10.6 Å². The Morgan fingerprint density at radius 1 is 1.21 bits per heavy atom. The third-order valence-electron chi connectivity index (χ3n) is 4.65. The lowest BCUT2D eigenvalue weighted by molar-refractivity contribution is -0.121. The van der Waals surface area contributed by atoms with E-state index in [-0.39, 0.29) is 24.5 Å². The molecule has 1 aliphatic rings. The summed E-state index contributed by atoms with van der Waals surface area (Å²) < 4.78 is 0. The average molecular weight is 343 g/mol. The van der Waals surface area contributed by atoms with Crippen molar-refractivity contribution in [2.45, 2.75) is 38.3 Å². The van der Waals surface area contributed by atoms with Crippen LogP contribution in [0.25, 0.3) is 0 Å². The van der Waals surface area contributed by atoms with Crippen molar-refractivity contribution in [3.63, 3.8) is 0 Å². The fourth-order valence-corrected chi connectivity index (χ4v) is 3.63. The molecular formula is C20H23ClN2O. The van der Waals surface area contributed by atoms with E-state index in [1.165, 1.54) is 11.1 Å². The van der Waals surface area contributed by atoms with Crippen LogP contribution in [0.15, 0.2) is 48.5 Å². The molecule has 3 rings (SSSR count). The SMILES string of the molecule is C[C@H](NCC(=O)N[C@H]1CCCc2ccccc21)c1ccccc1Cl. The van der Waals surface area contributed by atoms with Gasteiger partial charge in [-0.2, -0.15) is 0 Å². The molecule has 0 radical (unpaired) electrons. The fourth-order valence-electron chi connectivity index (χ4n) is 3.33. The molecule has 2 aromatic carbocycles. The number of carbonyl (C=O) groups is 1. The standard InChI is InChI=1S/C20H23ClN2O/c1-14(16-9-4-5-11-18(16)21)22-13-20(24)23-19-12-6-8-15-7-2-3-10-17(15)19/h2-5,7,9-11,14,19,22H,6,8,12-13H2,1H3,(H,23,24)/t14-,19-/m0/s1. The molecule has 24 heavy (non-hydrogen) atoms. The van der Waals surface area contributed by atoms with Gasteiger partial charge in [-0.1, -0.05) is 54.1 Å². The summed E-state index contributed by atoms with van der Waals surface area (Å²) in [6.07, 6.45) is 3.22. The number of benzene rings is 2. The maximum absolute atomic E-state index is 12.3. The van der Waals surface area contributed by atoms with Crippen molar-refractivity contribution in [2.24, 2.45) is 0 Å². The molecule has 3 nitrogen and oxygen atoms in total. The number of rotatable bonds is 5. The second kappa shape index (κ2) is 7.82. The molecular weight excluding hydrogens is 320 g/mol. The largest absolute Gasteiger partial charge is 0.348 e. The van der Waals surface area contributed by atoms with Crippen molar-refractivity contribution < 1.29 is 4.79 Å². The van der Waals surface area contributed by atoms with Gasteiger partial charge in [-0.3, -0.25) is 4.79 Å². The molecule has 126 valence electrons. The van der Waals surface area contributed by atoms with Gasteiger partial charge in [0, 0.05) is 11.1 Å². The summed E-state index contributed by atoms with van der Waals surface area (Å²) in [5, 5.41) is 7.14. The molecule has 0 bridgehead atoms. The zero-order chi connectivity index (χ0) is 16.9. The highest BCUT2D eigenvalue weighted by Gasteiger charge is 2.21. The van der Waals surface area contributed by atoms with Crippen molar-refractivity contribution in [1.29, 1.82) is 0 Å². The first-order chi connectivity index (χ1) is 11.6. The molecule has 0 unspecified atom stereocenters. The van der Waals surface area contributed by atoms with Gasteiger partial charge in [0.2, 0.25) is 5.91 Å². The summed E-state index contributed by atoms with van der Waals surface area (Å²) in [5.74, 6) is 0.0237. The van der Waals surface area contributed by atoms with Gasteiger partial charge in [-0.25, -0.2) is 0 Å². The Hall–Kier alpha value is -1.84. The summed E-state index contributed by atoms with van der Waals surface area (Å²) in [5.41, 5.74) is 3.62. The van der Waals surface area contributed by atoms with E-state index in [1.54, 1.807) is 0 Å². The van der Waals surface area contributed by atoms with Crippen LogP contribution < -0.4 is 10.6 Å². The normalized spacial score (nSPS) is 17.8. The highest BCUT2D eigenvalue weighted by atomic mass is 35.5. The van der Waals surface area contributed by atoms with Gasteiger partial charge in [0.1, 0.15) is 0 Å². The Bertz CT molecular complexity index is 716. The van der Waals surface area contributed by atoms with Crippen LogP contribution in [0.5, 0.6) is 0 Å². The van der Waals surface area contributed by atoms with E-state index >= 15 is 0 Å². The van der Waals surface area contributed by atoms with Gasteiger partial charge >= 0.3 is 0 Å². The molecule has 4 heteroatoms. The van der Waals surface area contributed by atoms with Crippen molar-refractivity contribution in [2.75, 3.05) is 6.54 Å². The molecule has 0 saturated carbocycles. The molecule has 0 aromatic heterocycles. The van der Waals surface area contributed by atoms with Gasteiger partial charge in [-0.05, 0) is 48.9 Å². The van der Waals surface area contributed by atoms with E-state index in [0.717, 1.165) is 29.8 Å². The second-order valence-electron chi connectivity index (χ2n) is 6.34. The van der Waals surface area contributed by atoms with Crippen molar-refractivity contribution in [1.82, 2.24) is 10.6 Å². The summed E-state index contributed by atoms with van der Waals surface area (Å²) in [6, 6.07) is 16.3. The lowest BCUT2D eigenvalue weighted by Gasteiger charge is -2.26.